The zero-order chi connectivity index (χ0) is 14.1. The number of carbonyl (C=O) groups is 1. The van der Waals surface area contributed by atoms with Crippen LogP contribution in [0.2, 0.25) is 0 Å². The van der Waals surface area contributed by atoms with Crippen LogP contribution in [-0.4, -0.2) is 23.3 Å². The average Bonchev–Trinajstić information content (AvgIpc) is 2.46. The molecule has 2 aliphatic rings. The van der Waals surface area contributed by atoms with Gasteiger partial charge in [0.05, 0.1) is 18.6 Å². The van der Waals surface area contributed by atoms with Crippen LogP contribution in [0, 0.1) is 11.3 Å². The summed E-state index contributed by atoms with van der Waals surface area (Å²) in [4.78, 5) is 11.8. The summed E-state index contributed by atoms with van der Waals surface area (Å²) >= 11 is 0. The number of esters is 1. The number of hydrogen-bond acceptors (Lipinski definition) is 3. The van der Waals surface area contributed by atoms with Crippen molar-refractivity contribution in [3.8, 4) is 0 Å². The number of aliphatic hydroxyl groups is 1. The Morgan fingerprint density at radius 3 is 2.79 bits per heavy atom. The number of rotatable bonds is 3. The first-order valence-electron chi connectivity index (χ1n) is 7.48. The van der Waals surface area contributed by atoms with Gasteiger partial charge in [-0.15, -0.1) is 0 Å². The summed E-state index contributed by atoms with van der Waals surface area (Å²) in [6.07, 6.45) is 6.21. The summed E-state index contributed by atoms with van der Waals surface area (Å²) in [5.41, 5.74) is 0.144. The molecular weight excluding hydrogens is 240 g/mol. The fourth-order valence-corrected chi connectivity index (χ4v) is 4.10. The molecule has 2 rings (SSSR count). The summed E-state index contributed by atoms with van der Waals surface area (Å²) in [5.74, 6) is -0.0991. The highest BCUT2D eigenvalue weighted by Crippen LogP contribution is 2.59. The van der Waals surface area contributed by atoms with Crippen molar-refractivity contribution in [1.29, 1.82) is 0 Å². The molecule has 2 fully saturated rings. The molecule has 1 N–H and O–H groups in total. The summed E-state index contributed by atoms with van der Waals surface area (Å²) in [5, 5.41) is 11.0. The maximum atomic E-state index is 11.8. The van der Waals surface area contributed by atoms with E-state index in [9.17, 15) is 9.90 Å². The van der Waals surface area contributed by atoms with Crippen molar-refractivity contribution < 1.29 is 14.6 Å². The number of fused-ring (bicyclic) bond motifs is 1. The molecule has 0 bridgehead atoms. The summed E-state index contributed by atoms with van der Waals surface area (Å²) < 4.78 is 5.08. The van der Waals surface area contributed by atoms with Gasteiger partial charge in [0.2, 0.25) is 0 Å². The molecule has 0 spiro atoms. The number of ether oxygens (including phenoxy) is 1. The first-order chi connectivity index (χ1) is 8.93. The van der Waals surface area contributed by atoms with Crippen molar-refractivity contribution in [3.63, 3.8) is 0 Å². The maximum absolute atomic E-state index is 11.8. The van der Waals surface area contributed by atoms with Crippen LogP contribution in [0.25, 0.3) is 0 Å². The second-order valence-corrected chi connectivity index (χ2v) is 6.41. The van der Waals surface area contributed by atoms with Gasteiger partial charge >= 0.3 is 5.97 Å². The molecule has 3 atom stereocenters. The average molecular weight is 266 g/mol. The standard InChI is InChI=1S/C16H26O3/c1-4-19-14(17)10-13-12(2)11-16(18)9-7-5-6-8-15(13,16)3/h13,18H,2,4-11H2,1,3H3/t13-,15+,16+/m0/s1. The third kappa shape index (κ3) is 2.45. The van der Waals surface area contributed by atoms with Gasteiger partial charge in [0.25, 0.3) is 0 Å². The van der Waals surface area contributed by atoms with Gasteiger partial charge in [0, 0.05) is 5.41 Å². The zero-order valence-corrected chi connectivity index (χ0v) is 12.2. The van der Waals surface area contributed by atoms with Gasteiger partial charge < -0.3 is 9.84 Å². The Kier molecular flexibility index (Phi) is 4.05. The summed E-state index contributed by atoms with van der Waals surface area (Å²) in [6, 6.07) is 0. The highest BCUT2D eigenvalue weighted by Gasteiger charge is 2.58. The lowest BCUT2D eigenvalue weighted by Crippen LogP contribution is -2.44. The van der Waals surface area contributed by atoms with Crippen molar-refractivity contribution in [2.24, 2.45) is 11.3 Å². The third-order valence-corrected chi connectivity index (χ3v) is 5.31. The normalized spacial score (nSPS) is 38.7. The molecule has 2 saturated carbocycles. The molecule has 0 aliphatic heterocycles. The van der Waals surface area contributed by atoms with E-state index in [4.69, 9.17) is 4.74 Å². The number of carbonyl (C=O) groups excluding carboxylic acids is 1. The minimum Gasteiger partial charge on any atom is -0.466 e. The van der Waals surface area contributed by atoms with Crippen LogP contribution in [0.5, 0.6) is 0 Å². The van der Waals surface area contributed by atoms with Gasteiger partial charge in [-0.05, 0) is 32.1 Å². The Labute approximate surface area is 116 Å². The minimum atomic E-state index is -0.669. The van der Waals surface area contributed by atoms with Gasteiger partial charge in [-0.1, -0.05) is 38.3 Å². The topological polar surface area (TPSA) is 46.5 Å². The Bertz CT molecular complexity index is 376. The molecular formula is C16H26O3. The van der Waals surface area contributed by atoms with Gasteiger partial charge in [-0.25, -0.2) is 0 Å². The lowest BCUT2D eigenvalue weighted by molar-refractivity contribution is -0.146. The van der Waals surface area contributed by atoms with Gasteiger partial charge in [-0.3, -0.25) is 4.79 Å². The predicted octanol–water partition coefficient (Wildman–Crippen LogP) is 3.22. The molecule has 2 aliphatic carbocycles. The van der Waals surface area contributed by atoms with Crippen LogP contribution in [0.4, 0.5) is 0 Å². The van der Waals surface area contributed by atoms with Crippen LogP contribution < -0.4 is 0 Å². The Morgan fingerprint density at radius 2 is 2.11 bits per heavy atom. The van der Waals surface area contributed by atoms with Crippen LogP contribution in [0.1, 0.15) is 58.8 Å². The van der Waals surface area contributed by atoms with Crippen LogP contribution in [0.3, 0.4) is 0 Å². The smallest absolute Gasteiger partial charge is 0.306 e. The molecule has 0 radical (unpaired) electrons. The molecule has 0 amide bonds. The maximum Gasteiger partial charge on any atom is 0.306 e. The monoisotopic (exact) mass is 266 g/mol. The molecule has 0 aromatic carbocycles. The predicted molar refractivity (Wildman–Crippen MR) is 74.6 cm³/mol. The summed E-state index contributed by atoms with van der Waals surface area (Å²) in [6.45, 7) is 8.51. The second kappa shape index (κ2) is 5.28. The Hall–Kier alpha value is -0.830. The van der Waals surface area contributed by atoms with E-state index in [2.05, 4.69) is 13.5 Å². The van der Waals surface area contributed by atoms with Crippen molar-refractivity contribution in [3.05, 3.63) is 12.2 Å². The molecule has 108 valence electrons. The summed E-state index contributed by atoms with van der Waals surface area (Å²) in [7, 11) is 0. The third-order valence-electron chi connectivity index (χ3n) is 5.31. The largest absolute Gasteiger partial charge is 0.466 e. The zero-order valence-electron chi connectivity index (χ0n) is 12.2. The molecule has 0 saturated heterocycles. The van der Waals surface area contributed by atoms with Gasteiger partial charge in [0.1, 0.15) is 0 Å². The quantitative estimate of drug-likeness (QED) is 0.630. The van der Waals surface area contributed by atoms with Crippen molar-refractivity contribution >= 4 is 5.97 Å². The van der Waals surface area contributed by atoms with E-state index < -0.39 is 5.60 Å². The van der Waals surface area contributed by atoms with Crippen LogP contribution >= 0.6 is 0 Å². The van der Waals surface area contributed by atoms with E-state index in [1.54, 1.807) is 0 Å². The van der Waals surface area contributed by atoms with Gasteiger partial charge in [-0.2, -0.15) is 0 Å². The van der Waals surface area contributed by atoms with E-state index in [-0.39, 0.29) is 17.3 Å². The molecule has 3 heteroatoms. The van der Waals surface area contributed by atoms with E-state index in [1.165, 1.54) is 6.42 Å². The first-order valence-corrected chi connectivity index (χ1v) is 7.48. The fraction of sp³-hybridized carbons (Fsp3) is 0.812. The molecule has 3 nitrogen and oxygen atoms in total. The lowest BCUT2D eigenvalue weighted by Gasteiger charge is -2.41. The van der Waals surface area contributed by atoms with Crippen molar-refractivity contribution in [2.45, 2.75) is 64.4 Å². The first kappa shape index (κ1) is 14.6. The van der Waals surface area contributed by atoms with E-state index in [1.807, 2.05) is 6.92 Å². The lowest BCUT2D eigenvalue weighted by atomic mass is 9.66. The second-order valence-electron chi connectivity index (χ2n) is 6.41. The molecule has 0 aromatic heterocycles. The van der Waals surface area contributed by atoms with E-state index in [0.717, 1.165) is 31.3 Å². The Morgan fingerprint density at radius 1 is 1.42 bits per heavy atom. The number of hydrogen-bond donors (Lipinski definition) is 1. The van der Waals surface area contributed by atoms with Crippen molar-refractivity contribution in [2.75, 3.05) is 6.61 Å². The minimum absolute atomic E-state index is 0.0645. The highest BCUT2D eigenvalue weighted by molar-refractivity contribution is 5.70. The molecule has 19 heavy (non-hydrogen) atoms. The van der Waals surface area contributed by atoms with Crippen molar-refractivity contribution in [1.82, 2.24) is 0 Å². The molecule has 0 aromatic rings. The highest BCUT2D eigenvalue weighted by atomic mass is 16.5. The van der Waals surface area contributed by atoms with E-state index in [0.29, 0.717) is 19.4 Å². The molecule has 0 heterocycles. The van der Waals surface area contributed by atoms with Crippen LogP contribution in [-0.2, 0) is 9.53 Å². The SMILES string of the molecule is C=C1C[C@]2(O)CCCCC[C@]2(C)[C@H]1CC(=O)OCC. The molecule has 0 unspecified atom stereocenters. The fourth-order valence-electron chi connectivity index (χ4n) is 4.10. The Balaban J connectivity index is 2.22. The van der Waals surface area contributed by atoms with E-state index >= 15 is 0 Å². The van der Waals surface area contributed by atoms with Gasteiger partial charge in [0.15, 0.2) is 0 Å². The van der Waals surface area contributed by atoms with Crippen LogP contribution in [0.15, 0.2) is 12.2 Å².